The quantitative estimate of drug-likeness (QED) is 0.245. The van der Waals surface area contributed by atoms with E-state index in [-0.39, 0.29) is 0 Å². The highest BCUT2D eigenvalue weighted by molar-refractivity contribution is 6.12. The van der Waals surface area contributed by atoms with Gasteiger partial charge in [0.2, 0.25) is 6.41 Å². The number of nitrogens with zero attached hydrogens (tertiary/aromatic N) is 1. The third-order valence-corrected chi connectivity index (χ3v) is 4.45. The second-order valence-corrected chi connectivity index (χ2v) is 6.54. The van der Waals surface area contributed by atoms with E-state index in [1.807, 2.05) is 56.5 Å². The highest BCUT2D eigenvalue weighted by Gasteiger charge is 2.13. The van der Waals surface area contributed by atoms with Crippen molar-refractivity contribution in [3.8, 4) is 0 Å². The van der Waals surface area contributed by atoms with E-state index in [0.717, 1.165) is 35.5 Å². The zero-order valence-electron chi connectivity index (χ0n) is 18.1. The van der Waals surface area contributed by atoms with Crippen molar-refractivity contribution in [2.24, 2.45) is 0 Å². The lowest BCUT2D eigenvalue weighted by atomic mass is 10.00. The molecule has 4 N–H and O–H groups in total. The number of nitrogens with one attached hydrogen (secondary N) is 4. The van der Waals surface area contributed by atoms with Gasteiger partial charge < -0.3 is 20.9 Å². The van der Waals surface area contributed by atoms with Gasteiger partial charge in [-0.05, 0) is 37.1 Å². The molecule has 0 heterocycles. The number of allylic oxidation sites excluding steroid dienone is 4. The minimum absolute atomic E-state index is 0.389. The van der Waals surface area contributed by atoms with Crippen molar-refractivity contribution in [1.29, 1.82) is 5.41 Å². The monoisotopic (exact) mass is 395 g/mol. The van der Waals surface area contributed by atoms with Crippen LogP contribution in [0, 0.1) is 5.41 Å². The number of amides is 1. The van der Waals surface area contributed by atoms with Gasteiger partial charge in [0, 0.05) is 32.4 Å². The van der Waals surface area contributed by atoms with Gasteiger partial charge in [-0.2, -0.15) is 0 Å². The number of carbonyl (C=O) groups is 1. The SMILES string of the molecule is C=C(/C(=C\C(=C/CCC)C(=N)/C(C)=C(/NC)Nc1ccccc1)NC)N(C)C=O. The molecule has 0 fully saturated rings. The Kier molecular flexibility index (Phi) is 10.0. The van der Waals surface area contributed by atoms with Gasteiger partial charge in [-0.3, -0.25) is 10.2 Å². The van der Waals surface area contributed by atoms with E-state index in [1.165, 1.54) is 4.90 Å². The van der Waals surface area contributed by atoms with Crippen molar-refractivity contribution >= 4 is 17.8 Å². The number of likely N-dealkylation sites (N-methyl/N-ethyl adjacent to an activating group) is 2. The second kappa shape index (κ2) is 12.2. The number of benzene rings is 1. The Morgan fingerprint density at radius 2 is 1.86 bits per heavy atom. The Hall–Kier alpha value is -3.28. The zero-order valence-corrected chi connectivity index (χ0v) is 18.1. The average Bonchev–Trinajstić information content (AvgIpc) is 2.76. The number of anilines is 1. The first kappa shape index (κ1) is 23.8. The normalized spacial score (nSPS) is 12.6. The van der Waals surface area contributed by atoms with E-state index >= 15 is 0 Å². The average molecular weight is 396 g/mol. The van der Waals surface area contributed by atoms with Gasteiger partial charge in [0.25, 0.3) is 0 Å². The molecular weight excluding hydrogens is 362 g/mol. The van der Waals surface area contributed by atoms with Gasteiger partial charge in [0.05, 0.1) is 17.1 Å². The maximum absolute atomic E-state index is 11.1. The van der Waals surface area contributed by atoms with Crippen LogP contribution in [0.2, 0.25) is 0 Å². The third kappa shape index (κ3) is 6.99. The lowest BCUT2D eigenvalue weighted by Crippen LogP contribution is -2.23. The van der Waals surface area contributed by atoms with Crippen LogP contribution in [-0.4, -0.2) is 38.2 Å². The molecule has 0 saturated carbocycles. The van der Waals surface area contributed by atoms with Gasteiger partial charge in [0.1, 0.15) is 5.82 Å². The zero-order chi connectivity index (χ0) is 21.8. The molecule has 0 spiro atoms. The molecule has 0 bridgehead atoms. The molecule has 0 unspecified atom stereocenters. The van der Waals surface area contributed by atoms with E-state index in [1.54, 1.807) is 14.1 Å². The fraction of sp³-hybridized carbons (Fsp3) is 0.304. The molecule has 0 atom stereocenters. The second-order valence-electron chi connectivity index (χ2n) is 6.54. The van der Waals surface area contributed by atoms with Crippen LogP contribution in [0.1, 0.15) is 26.7 Å². The van der Waals surface area contributed by atoms with Gasteiger partial charge in [0.15, 0.2) is 0 Å². The van der Waals surface area contributed by atoms with Crippen molar-refractivity contribution in [1.82, 2.24) is 15.5 Å². The van der Waals surface area contributed by atoms with Gasteiger partial charge >= 0.3 is 0 Å². The van der Waals surface area contributed by atoms with E-state index in [2.05, 4.69) is 29.5 Å². The standard InChI is InChI=1S/C23H33N5O/c1-7-8-12-19(15-21(25-4)18(3)28(6)16-29)22(24)17(2)23(26-5)27-20-13-10-9-11-14-20/h9-16,24-27H,3,7-8H2,1-2,4-6H3/b19-12+,21-15+,23-17-,24-22?. The number of carbonyl (C=O) groups excluding carboxylic acids is 1. The molecule has 0 aliphatic carbocycles. The molecule has 1 rings (SSSR count). The Morgan fingerprint density at radius 1 is 1.21 bits per heavy atom. The molecule has 6 nitrogen and oxygen atoms in total. The Balaban J connectivity index is 3.31. The molecule has 1 aromatic rings. The summed E-state index contributed by atoms with van der Waals surface area (Å²) in [6.45, 7) is 7.97. The largest absolute Gasteiger partial charge is 0.386 e. The fourth-order valence-corrected chi connectivity index (χ4v) is 2.59. The summed E-state index contributed by atoms with van der Waals surface area (Å²) in [5.41, 5.74) is 4.09. The summed E-state index contributed by atoms with van der Waals surface area (Å²) in [5.74, 6) is 0.756. The first-order valence-electron chi connectivity index (χ1n) is 9.66. The number of unbranched alkanes of at least 4 members (excludes halogenated alkanes) is 1. The molecule has 156 valence electrons. The highest BCUT2D eigenvalue weighted by atomic mass is 16.1. The van der Waals surface area contributed by atoms with Crippen molar-refractivity contribution in [2.45, 2.75) is 26.7 Å². The third-order valence-electron chi connectivity index (χ3n) is 4.45. The smallest absolute Gasteiger partial charge is 0.213 e. The van der Waals surface area contributed by atoms with Crippen LogP contribution in [0.15, 0.2) is 77.4 Å². The molecule has 1 aromatic carbocycles. The summed E-state index contributed by atoms with van der Waals surface area (Å²) >= 11 is 0. The molecule has 0 aliphatic rings. The molecule has 0 aliphatic heterocycles. The van der Waals surface area contributed by atoms with E-state index in [4.69, 9.17) is 5.41 Å². The van der Waals surface area contributed by atoms with E-state index in [9.17, 15) is 4.79 Å². The predicted octanol–water partition coefficient (Wildman–Crippen LogP) is 4.00. The Labute approximate surface area is 174 Å². The molecule has 0 aromatic heterocycles. The summed E-state index contributed by atoms with van der Waals surface area (Å²) in [4.78, 5) is 12.5. The van der Waals surface area contributed by atoms with Crippen LogP contribution in [0.25, 0.3) is 0 Å². The van der Waals surface area contributed by atoms with Crippen molar-refractivity contribution in [2.75, 3.05) is 26.5 Å². The van der Waals surface area contributed by atoms with Gasteiger partial charge in [-0.1, -0.05) is 44.2 Å². The molecule has 1 amide bonds. The van der Waals surface area contributed by atoms with Gasteiger partial charge in [-0.25, -0.2) is 0 Å². The number of rotatable bonds is 12. The number of hydrogen-bond donors (Lipinski definition) is 4. The fourth-order valence-electron chi connectivity index (χ4n) is 2.59. The lowest BCUT2D eigenvalue weighted by Gasteiger charge is -2.19. The molecule has 29 heavy (non-hydrogen) atoms. The number of hydrogen-bond acceptors (Lipinski definition) is 5. The van der Waals surface area contributed by atoms with Crippen LogP contribution < -0.4 is 16.0 Å². The summed E-state index contributed by atoms with van der Waals surface area (Å²) < 4.78 is 0. The maximum atomic E-state index is 11.1. The van der Waals surface area contributed by atoms with E-state index in [0.29, 0.717) is 23.5 Å². The summed E-state index contributed by atoms with van der Waals surface area (Å²) in [5, 5.41) is 18.4. The number of para-hydroxylation sites is 1. The van der Waals surface area contributed by atoms with Crippen LogP contribution in [0.4, 0.5) is 5.69 Å². The summed E-state index contributed by atoms with van der Waals surface area (Å²) in [6, 6.07) is 9.82. The van der Waals surface area contributed by atoms with Crippen LogP contribution >= 0.6 is 0 Å². The van der Waals surface area contributed by atoms with Crippen molar-refractivity contribution < 1.29 is 4.79 Å². The minimum Gasteiger partial charge on any atom is -0.386 e. The van der Waals surface area contributed by atoms with E-state index < -0.39 is 0 Å². The van der Waals surface area contributed by atoms with Crippen LogP contribution in [0.3, 0.4) is 0 Å². The first-order valence-corrected chi connectivity index (χ1v) is 9.66. The molecular formula is C23H33N5O. The minimum atomic E-state index is 0.389. The molecule has 6 heteroatoms. The topological polar surface area (TPSA) is 80.2 Å². The molecule has 0 saturated heterocycles. The Bertz CT molecular complexity index is 806. The summed E-state index contributed by atoms with van der Waals surface area (Å²) in [7, 11) is 5.25. The highest BCUT2D eigenvalue weighted by Crippen LogP contribution is 2.18. The van der Waals surface area contributed by atoms with Crippen molar-refractivity contribution in [3.63, 3.8) is 0 Å². The molecule has 0 radical (unpaired) electrons. The van der Waals surface area contributed by atoms with Gasteiger partial charge in [-0.15, -0.1) is 0 Å². The maximum Gasteiger partial charge on any atom is 0.213 e. The lowest BCUT2D eigenvalue weighted by molar-refractivity contribution is -0.115. The predicted molar refractivity (Wildman–Crippen MR) is 123 cm³/mol. The Morgan fingerprint density at radius 3 is 2.38 bits per heavy atom. The first-order chi connectivity index (χ1) is 13.9. The summed E-state index contributed by atoms with van der Waals surface area (Å²) in [6.07, 6.45) is 6.42. The van der Waals surface area contributed by atoms with Crippen LogP contribution in [-0.2, 0) is 4.79 Å². The van der Waals surface area contributed by atoms with Crippen molar-refractivity contribution in [3.05, 3.63) is 77.4 Å². The van der Waals surface area contributed by atoms with Crippen LogP contribution in [0.5, 0.6) is 0 Å².